The van der Waals surface area contributed by atoms with Crippen LogP contribution in [0.1, 0.15) is 25.7 Å². The van der Waals surface area contributed by atoms with Crippen molar-refractivity contribution in [3.63, 3.8) is 0 Å². The Morgan fingerprint density at radius 2 is 1.76 bits per heavy atom. The summed E-state index contributed by atoms with van der Waals surface area (Å²) in [6, 6.07) is 5.78. The van der Waals surface area contributed by atoms with Gasteiger partial charge in [-0.1, -0.05) is 0 Å². The summed E-state index contributed by atoms with van der Waals surface area (Å²) in [7, 11) is -3.24. The Labute approximate surface area is 148 Å². The number of aromatic nitrogens is 2. The quantitative estimate of drug-likeness (QED) is 0.835. The van der Waals surface area contributed by atoms with Crippen molar-refractivity contribution < 1.29 is 8.42 Å². The Balaban J connectivity index is 1.61. The highest BCUT2D eigenvalue weighted by molar-refractivity contribution is 7.90. The summed E-state index contributed by atoms with van der Waals surface area (Å²) in [5.41, 5.74) is 0.791. The third-order valence-corrected chi connectivity index (χ3v) is 6.55. The second-order valence-electron chi connectivity index (χ2n) is 7.11. The van der Waals surface area contributed by atoms with Gasteiger partial charge in [0.15, 0.2) is 9.84 Å². The lowest BCUT2D eigenvalue weighted by Gasteiger charge is -2.37. The van der Waals surface area contributed by atoms with Crippen molar-refractivity contribution in [3.05, 3.63) is 24.5 Å². The van der Waals surface area contributed by atoms with Crippen molar-refractivity contribution in [2.75, 3.05) is 37.3 Å². The van der Waals surface area contributed by atoms with E-state index in [1.807, 2.05) is 0 Å². The number of sulfone groups is 1. The lowest BCUT2D eigenvalue weighted by molar-refractivity contribution is 0.208. The number of benzene rings is 1. The summed E-state index contributed by atoms with van der Waals surface area (Å²) in [4.78, 5) is 14.0. The maximum absolute atomic E-state index is 11.9. The summed E-state index contributed by atoms with van der Waals surface area (Å²) >= 11 is 0. The molecule has 0 atom stereocenters. The minimum Gasteiger partial charge on any atom is -0.356 e. The summed E-state index contributed by atoms with van der Waals surface area (Å²) in [6.07, 6.45) is 7.73. The van der Waals surface area contributed by atoms with Gasteiger partial charge in [0, 0.05) is 30.8 Å². The van der Waals surface area contributed by atoms with Crippen molar-refractivity contribution in [3.8, 4) is 0 Å². The predicted octanol–water partition coefficient (Wildman–Crippen LogP) is 2.10. The Morgan fingerprint density at radius 3 is 2.44 bits per heavy atom. The van der Waals surface area contributed by atoms with Crippen LogP contribution in [-0.2, 0) is 9.84 Å². The van der Waals surface area contributed by atoms with E-state index in [1.54, 1.807) is 24.5 Å². The van der Waals surface area contributed by atoms with Gasteiger partial charge in [-0.05, 0) is 57.0 Å². The minimum absolute atomic E-state index is 0.322. The van der Waals surface area contributed by atoms with E-state index in [0.717, 1.165) is 42.7 Å². The van der Waals surface area contributed by atoms with Crippen LogP contribution in [0.4, 0.5) is 5.82 Å². The molecule has 1 aromatic heterocycles. The third kappa shape index (κ3) is 3.35. The predicted molar refractivity (Wildman–Crippen MR) is 98.7 cm³/mol. The SMILES string of the molecule is CS(=O)(=O)c1ccc2ncnc(N3CCC(N4CCCC4)CC3)c2c1. The Kier molecular flexibility index (Phi) is 4.37. The van der Waals surface area contributed by atoms with Crippen LogP contribution in [-0.4, -0.2) is 61.8 Å². The van der Waals surface area contributed by atoms with Crippen LogP contribution in [0.15, 0.2) is 29.4 Å². The number of anilines is 1. The van der Waals surface area contributed by atoms with Gasteiger partial charge in [0.2, 0.25) is 0 Å². The molecule has 0 amide bonds. The number of likely N-dealkylation sites (tertiary alicyclic amines) is 1. The Morgan fingerprint density at radius 1 is 1.04 bits per heavy atom. The molecule has 134 valence electrons. The smallest absolute Gasteiger partial charge is 0.175 e. The molecule has 0 unspecified atom stereocenters. The number of nitrogens with zero attached hydrogens (tertiary/aromatic N) is 4. The largest absolute Gasteiger partial charge is 0.356 e. The fraction of sp³-hybridized carbons (Fsp3) is 0.556. The van der Waals surface area contributed by atoms with Crippen LogP contribution in [0.2, 0.25) is 0 Å². The molecule has 3 heterocycles. The molecule has 0 bridgehead atoms. The Hall–Kier alpha value is -1.73. The summed E-state index contributed by atoms with van der Waals surface area (Å²) < 4.78 is 23.8. The highest BCUT2D eigenvalue weighted by Crippen LogP contribution is 2.29. The van der Waals surface area contributed by atoms with Gasteiger partial charge in [-0.3, -0.25) is 0 Å². The molecule has 0 saturated carbocycles. The maximum atomic E-state index is 11.9. The van der Waals surface area contributed by atoms with Crippen molar-refractivity contribution in [1.82, 2.24) is 14.9 Å². The van der Waals surface area contributed by atoms with Crippen LogP contribution in [0, 0.1) is 0 Å². The van der Waals surface area contributed by atoms with Crippen LogP contribution >= 0.6 is 0 Å². The zero-order valence-corrected chi connectivity index (χ0v) is 15.4. The van der Waals surface area contributed by atoms with Gasteiger partial charge in [0.1, 0.15) is 12.1 Å². The van der Waals surface area contributed by atoms with Crippen molar-refractivity contribution in [2.45, 2.75) is 36.6 Å². The highest BCUT2D eigenvalue weighted by Gasteiger charge is 2.27. The minimum atomic E-state index is -3.24. The highest BCUT2D eigenvalue weighted by atomic mass is 32.2. The monoisotopic (exact) mass is 360 g/mol. The number of piperidine rings is 1. The van der Waals surface area contributed by atoms with Gasteiger partial charge in [-0.15, -0.1) is 0 Å². The van der Waals surface area contributed by atoms with Crippen LogP contribution in [0.3, 0.4) is 0 Å². The first-order valence-electron chi connectivity index (χ1n) is 8.96. The van der Waals surface area contributed by atoms with Crippen LogP contribution < -0.4 is 4.90 Å². The topological polar surface area (TPSA) is 66.4 Å². The molecule has 4 rings (SSSR count). The zero-order chi connectivity index (χ0) is 17.4. The number of fused-ring (bicyclic) bond motifs is 1. The standard InChI is InChI=1S/C18H24N4O2S/c1-25(23,24)15-4-5-17-16(12-15)18(20-13-19-17)22-10-6-14(7-11-22)21-8-2-3-9-21/h4-5,12-14H,2-3,6-11H2,1H3. The van der Waals surface area contributed by atoms with E-state index in [4.69, 9.17) is 0 Å². The molecule has 25 heavy (non-hydrogen) atoms. The van der Waals surface area contributed by atoms with E-state index in [0.29, 0.717) is 10.9 Å². The third-order valence-electron chi connectivity index (χ3n) is 5.43. The van der Waals surface area contributed by atoms with E-state index >= 15 is 0 Å². The summed E-state index contributed by atoms with van der Waals surface area (Å²) in [6.45, 7) is 4.38. The molecular formula is C18H24N4O2S. The Bertz CT molecular complexity index is 870. The van der Waals surface area contributed by atoms with Crippen molar-refractivity contribution in [2.24, 2.45) is 0 Å². The van der Waals surface area contributed by atoms with Crippen molar-refractivity contribution in [1.29, 1.82) is 0 Å². The van der Waals surface area contributed by atoms with Crippen molar-refractivity contribution >= 4 is 26.6 Å². The summed E-state index contributed by atoms with van der Waals surface area (Å²) in [5, 5.41) is 0.824. The molecule has 2 aliphatic rings. The average molecular weight is 360 g/mol. The van der Waals surface area contributed by atoms with E-state index in [-0.39, 0.29) is 0 Å². The summed E-state index contributed by atoms with van der Waals surface area (Å²) in [5.74, 6) is 0.857. The number of hydrogen-bond donors (Lipinski definition) is 0. The first kappa shape index (κ1) is 16.7. The molecule has 0 N–H and O–H groups in total. The van der Waals surface area contributed by atoms with E-state index < -0.39 is 9.84 Å². The molecule has 2 saturated heterocycles. The molecule has 7 heteroatoms. The molecule has 6 nitrogen and oxygen atoms in total. The van der Waals surface area contributed by atoms with Gasteiger partial charge in [0.05, 0.1) is 10.4 Å². The molecule has 2 aromatic rings. The van der Waals surface area contributed by atoms with Gasteiger partial charge in [-0.2, -0.15) is 0 Å². The van der Waals surface area contributed by atoms with Gasteiger partial charge in [0.25, 0.3) is 0 Å². The lowest BCUT2D eigenvalue weighted by atomic mass is 10.0. The normalized spacial score (nSPS) is 20.4. The number of hydrogen-bond acceptors (Lipinski definition) is 6. The average Bonchev–Trinajstić information content (AvgIpc) is 3.15. The second-order valence-corrected chi connectivity index (χ2v) is 9.13. The molecular weight excluding hydrogens is 336 g/mol. The van der Waals surface area contributed by atoms with Crippen LogP contribution in [0.5, 0.6) is 0 Å². The lowest BCUT2D eigenvalue weighted by Crippen LogP contribution is -2.44. The second kappa shape index (κ2) is 6.53. The van der Waals surface area contributed by atoms with E-state index in [1.165, 1.54) is 32.2 Å². The fourth-order valence-corrected chi connectivity index (χ4v) is 4.70. The van der Waals surface area contributed by atoms with Gasteiger partial charge < -0.3 is 9.80 Å². The molecule has 2 aliphatic heterocycles. The van der Waals surface area contributed by atoms with E-state index in [9.17, 15) is 8.42 Å². The first-order chi connectivity index (χ1) is 12.0. The molecule has 0 spiro atoms. The van der Waals surface area contributed by atoms with Gasteiger partial charge in [-0.25, -0.2) is 18.4 Å². The van der Waals surface area contributed by atoms with E-state index in [2.05, 4.69) is 19.8 Å². The van der Waals surface area contributed by atoms with Crippen LogP contribution in [0.25, 0.3) is 10.9 Å². The molecule has 1 aromatic carbocycles. The molecule has 0 aliphatic carbocycles. The first-order valence-corrected chi connectivity index (χ1v) is 10.9. The van der Waals surface area contributed by atoms with Gasteiger partial charge >= 0.3 is 0 Å². The molecule has 2 fully saturated rings. The maximum Gasteiger partial charge on any atom is 0.175 e. The molecule has 0 radical (unpaired) electrons. The number of rotatable bonds is 3. The fourth-order valence-electron chi connectivity index (χ4n) is 4.05. The zero-order valence-electron chi connectivity index (χ0n) is 14.6.